The average molecular weight is 897 g/mol. The van der Waals surface area contributed by atoms with E-state index in [0.717, 1.165) is 22.3 Å². The number of nitrogens with two attached hydrogens (primary N) is 4. The minimum absolute atomic E-state index is 0. The van der Waals surface area contributed by atoms with E-state index in [-0.39, 0.29) is 119 Å². The van der Waals surface area contributed by atoms with E-state index in [1.54, 1.807) is 60.9 Å². The number of hydrogen-bond acceptors (Lipinski definition) is 14. The number of hydrogen-bond donors (Lipinski definition) is 10. The Hall–Kier alpha value is -6.30. The number of carboxylic acids is 2. The third-order valence-corrected chi connectivity index (χ3v) is 9.62. The first kappa shape index (κ1) is 52.0. The van der Waals surface area contributed by atoms with Crippen molar-refractivity contribution in [1.29, 1.82) is 0 Å². The van der Waals surface area contributed by atoms with Crippen LogP contribution in [0.25, 0.3) is 22.1 Å². The number of aromatic amines is 4. The fraction of sp³-hybridized carbons (Fsp3) is 0.250. The first-order valence-electron chi connectivity index (χ1n) is 19.0. The second-order valence-corrected chi connectivity index (χ2v) is 14.1. The predicted octanol–water partition coefficient (Wildman–Crippen LogP) is -8.53. The average Bonchev–Trinajstić information content (AvgIpc) is 3.83. The number of primary amides is 2. The molecule has 6 rings (SSSR count). The first-order chi connectivity index (χ1) is 29.5. The van der Waals surface area contributed by atoms with E-state index in [1.165, 1.54) is 0 Å². The molecule has 0 aliphatic heterocycles. The van der Waals surface area contributed by atoms with Crippen molar-refractivity contribution in [3.05, 3.63) is 115 Å². The minimum atomic E-state index is -1.49. The van der Waals surface area contributed by atoms with E-state index >= 15 is 0 Å². The van der Waals surface area contributed by atoms with Gasteiger partial charge < -0.3 is 63.3 Å². The summed E-state index contributed by atoms with van der Waals surface area (Å²) in [5, 5.41) is 27.9. The van der Waals surface area contributed by atoms with E-state index in [9.17, 15) is 48.6 Å². The molecular weight excluding hydrogens is 854 g/mol. The molecule has 0 fully saturated rings. The Morgan fingerprint density at radius 1 is 0.578 bits per heavy atom. The van der Waals surface area contributed by atoms with Gasteiger partial charge in [0, 0.05) is 36.4 Å². The number of anilines is 2. The van der Waals surface area contributed by atoms with Crippen molar-refractivity contribution >= 4 is 69.5 Å². The molecule has 2 atom stereocenters. The number of aliphatic carboxylic acids is 2. The normalized spacial score (nSPS) is 11.5. The van der Waals surface area contributed by atoms with Gasteiger partial charge in [-0.05, 0) is 85.0 Å². The van der Waals surface area contributed by atoms with Gasteiger partial charge in [-0.2, -0.15) is 9.97 Å². The molecule has 0 unspecified atom stereocenters. The smallest absolute Gasteiger partial charge is 0.548 e. The third kappa shape index (κ3) is 14.4. The quantitative estimate of drug-likeness (QED) is 0.0359. The number of fused-ring (bicyclic) bond motifs is 2. The fourth-order valence-electron chi connectivity index (χ4n) is 6.39. The van der Waals surface area contributed by atoms with Gasteiger partial charge >= 0.3 is 59.1 Å². The molecule has 0 saturated heterocycles. The van der Waals surface area contributed by atoms with Gasteiger partial charge in [0.25, 0.3) is 22.9 Å². The van der Waals surface area contributed by atoms with Gasteiger partial charge in [-0.15, -0.1) is 0 Å². The predicted molar refractivity (Wildman–Crippen MR) is 219 cm³/mol. The number of carboxylic acid groups (broad SMARTS) is 2. The number of nitrogens with one attached hydrogen (secondary N) is 6. The van der Waals surface area contributed by atoms with Crippen LogP contribution >= 0.6 is 0 Å². The molecule has 0 saturated carbocycles. The molecule has 24 heteroatoms. The zero-order chi connectivity index (χ0) is 45.1. The number of aryl methyl sites for hydroxylation is 4. The molecule has 6 aromatic rings. The number of nitrogen functional groups attached to an aromatic ring is 2. The Balaban J connectivity index is 0.000000330. The van der Waals surface area contributed by atoms with Gasteiger partial charge in [0.15, 0.2) is 0 Å². The van der Waals surface area contributed by atoms with Crippen LogP contribution in [0.2, 0.25) is 0 Å². The Morgan fingerprint density at radius 3 is 1.23 bits per heavy atom. The number of aromatic nitrogens is 6. The number of H-pyrrole nitrogens is 4. The van der Waals surface area contributed by atoms with Crippen LogP contribution in [0.4, 0.5) is 11.9 Å². The van der Waals surface area contributed by atoms with Crippen molar-refractivity contribution in [1.82, 2.24) is 40.5 Å². The van der Waals surface area contributed by atoms with Crippen LogP contribution < -0.4 is 114 Å². The molecule has 0 radical (unpaired) electrons. The summed E-state index contributed by atoms with van der Waals surface area (Å²) in [5.74, 6) is -5.44. The summed E-state index contributed by atoms with van der Waals surface area (Å²) in [6.45, 7) is 0. The molecule has 4 amide bonds. The Kier molecular flexibility index (Phi) is 19.5. The van der Waals surface area contributed by atoms with E-state index in [4.69, 9.17) is 22.9 Å². The maximum atomic E-state index is 12.3. The second-order valence-electron chi connectivity index (χ2n) is 14.1. The van der Waals surface area contributed by atoms with E-state index in [0.29, 0.717) is 47.8 Å². The second kappa shape index (κ2) is 24.0. The summed E-state index contributed by atoms with van der Waals surface area (Å²) >= 11 is 0. The zero-order valence-electron chi connectivity index (χ0n) is 34.9. The van der Waals surface area contributed by atoms with Crippen molar-refractivity contribution in [3.63, 3.8) is 0 Å². The van der Waals surface area contributed by atoms with E-state index in [2.05, 4.69) is 40.5 Å². The molecule has 14 N–H and O–H groups in total. The zero-order valence-corrected chi connectivity index (χ0v) is 38.9. The summed E-state index contributed by atoms with van der Waals surface area (Å²) in [4.78, 5) is 112. The van der Waals surface area contributed by atoms with Crippen LogP contribution in [0.3, 0.4) is 0 Å². The first-order valence-corrected chi connectivity index (χ1v) is 19.0. The SMILES string of the molecule is NC(=O)CC[C@H](NC(=O)c1ccc(CCc2c[nH]c3nc(N)[nH]c(=O)c23)cc1)C(=O)[O-].NC(=O)CC[C@H](NC(=O)c1ccc(CCc2c[nH]c3nc(N)[nH]c(=O)c23)cc1)C(=O)[O-].[Na+].[Na+]. The molecule has 2 aromatic carbocycles. The molecule has 22 nitrogen and oxygen atoms in total. The van der Waals surface area contributed by atoms with Gasteiger partial charge in [-0.1, -0.05) is 24.3 Å². The van der Waals surface area contributed by atoms with Gasteiger partial charge in [0.2, 0.25) is 23.7 Å². The van der Waals surface area contributed by atoms with Crippen molar-refractivity contribution in [2.24, 2.45) is 11.5 Å². The molecule has 324 valence electrons. The molecule has 64 heavy (non-hydrogen) atoms. The standard InChI is InChI=1S/2C20H22N6O5.2Na/c2*21-14(27)8-7-13(19(30)31)24-17(28)11-4-1-10(2-5-11)3-6-12-9-23-16-15(12)18(29)26-20(22)25-16;;/h2*1-2,4-5,9,13H,3,6-8H2,(H2,21,27)(H,24,28)(H,30,31)(H4,22,23,25,26,29);;/q;;2*+1/p-2/t2*13-;;/m00../s1. The number of amides is 4. The molecule has 0 aliphatic rings. The van der Waals surface area contributed by atoms with Gasteiger partial charge in [-0.3, -0.25) is 38.7 Å². The molecular formula is C40H42N12Na2O10. The molecule has 0 spiro atoms. The van der Waals surface area contributed by atoms with Crippen molar-refractivity contribution < 1.29 is 98.1 Å². The number of carbonyl (C=O) groups excluding carboxylic acids is 6. The Morgan fingerprint density at radius 2 is 0.922 bits per heavy atom. The van der Waals surface area contributed by atoms with Crippen molar-refractivity contribution in [3.8, 4) is 0 Å². The van der Waals surface area contributed by atoms with Crippen LogP contribution in [0.15, 0.2) is 70.5 Å². The Labute approximate surface area is 406 Å². The summed E-state index contributed by atoms with van der Waals surface area (Å²) < 4.78 is 0. The fourth-order valence-corrected chi connectivity index (χ4v) is 6.39. The van der Waals surface area contributed by atoms with Crippen LogP contribution in [-0.2, 0) is 44.9 Å². The van der Waals surface area contributed by atoms with Crippen LogP contribution in [0, 0.1) is 0 Å². The molecule has 4 heterocycles. The molecule has 4 aromatic heterocycles. The summed E-state index contributed by atoms with van der Waals surface area (Å²) in [6, 6.07) is 10.6. The third-order valence-electron chi connectivity index (χ3n) is 9.62. The monoisotopic (exact) mass is 896 g/mol. The number of benzene rings is 2. The van der Waals surface area contributed by atoms with Gasteiger partial charge in [0.1, 0.15) is 11.3 Å². The minimum Gasteiger partial charge on any atom is -0.548 e. The molecule has 0 aliphatic carbocycles. The Bertz CT molecular complexity index is 2560. The number of nitrogens with zero attached hydrogens (tertiary/aromatic N) is 2. The van der Waals surface area contributed by atoms with Gasteiger partial charge in [0.05, 0.1) is 34.8 Å². The van der Waals surface area contributed by atoms with Crippen LogP contribution in [0.1, 0.15) is 68.7 Å². The van der Waals surface area contributed by atoms with Crippen LogP contribution in [0.5, 0.6) is 0 Å². The maximum absolute atomic E-state index is 12.3. The largest absolute Gasteiger partial charge is 1.00 e. The topological polar surface area (TPSA) is 400 Å². The summed E-state index contributed by atoms with van der Waals surface area (Å²) in [5.41, 5.74) is 25.2. The maximum Gasteiger partial charge on any atom is 1.00 e. The van der Waals surface area contributed by atoms with E-state index in [1.807, 2.05) is 0 Å². The molecule has 0 bridgehead atoms. The van der Waals surface area contributed by atoms with Gasteiger partial charge in [-0.25, -0.2) is 0 Å². The van der Waals surface area contributed by atoms with E-state index < -0.39 is 47.7 Å². The van der Waals surface area contributed by atoms with Crippen molar-refractivity contribution in [2.45, 2.75) is 63.5 Å². The summed E-state index contributed by atoms with van der Waals surface area (Å²) in [6.07, 6.45) is 5.06. The number of rotatable bonds is 18. The van der Waals surface area contributed by atoms with Crippen molar-refractivity contribution in [2.75, 3.05) is 11.5 Å². The number of carbonyl (C=O) groups is 6. The van der Waals surface area contributed by atoms with Crippen LogP contribution in [-0.4, -0.2) is 77.6 Å². The summed E-state index contributed by atoms with van der Waals surface area (Å²) in [7, 11) is 0.